The van der Waals surface area contributed by atoms with Gasteiger partial charge in [0.1, 0.15) is 5.92 Å². The van der Waals surface area contributed by atoms with Crippen LogP contribution in [0, 0.1) is 0 Å². The molecule has 0 aliphatic carbocycles. The maximum atomic E-state index is 12.2. The predicted molar refractivity (Wildman–Crippen MR) is 45.7 cm³/mol. The van der Waals surface area contributed by atoms with E-state index in [9.17, 15) is 22.0 Å². The molecule has 0 aliphatic heterocycles. The molecular weight excluding hydrogens is 217 g/mol. The van der Waals surface area contributed by atoms with Gasteiger partial charge in [0.25, 0.3) is 6.43 Å². The predicted octanol–water partition coefficient (Wildman–Crippen LogP) is 3.18. The van der Waals surface area contributed by atoms with Crippen molar-refractivity contribution in [3.05, 3.63) is 29.8 Å². The Labute approximate surface area is 82.7 Å². The molecule has 0 saturated carbocycles. The Morgan fingerprint density at radius 2 is 1.47 bits per heavy atom. The summed E-state index contributed by atoms with van der Waals surface area (Å²) < 4.78 is 61.2. The van der Waals surface area contributed by atoms with Gasteiger partial charge in [0.05, 0.1) is 0 Å². The number of anilines is 1. The lowest BCUT2D eigenvalue weighted by Crippen LogP contribution is -2.27. The minimum absolute atomic E-state index is 0.231. The van der Waals surface area contributed by atoms with E-state index in [1.165, 1.54) is 0 Å². The molecule has 0 heterocycles. The SMILES string of the molecule is Nc1ccc(C(C(F)F)C(F)(F)F)cc1. The average Bonchev–Trinajstić information content (AvgIpc) is 2.05. The fourth-order valence-corrected chi connectivity index (χ4v) is 1.18. The smallest absolute Gasteiger partial charge is 0.399 e. The molecule has 0 aromatic heterocycles. The molecule has 0 fully saturated rings. The molecule has 15 heavy (non-hydrogen) atoms. The molecule has 1 aromatic rings. The Balaban J connectivity index is 3.05. The number of halogens is 5. The number of nitrogen functional groups attached to an aromatic ring is 1. The second-order valence-corrected chi connectivity index (χ2v) is 3.02. The zero-order chi connectivity index (χ0) is 11.6. The summed E-state index contributed by atoms with van der Waals surface area (Å²) in [5.41, 5.74) is 4.99. The highest BCUT2D eigenvalue weighted by Gasteiger charge is 2.46. The van der Waals surface area contributed by atoms with Crippen LogP contribution in [0.4, 0.5) is 27.6 Å². The van der Waals surface area contributed by atoms with Crippen LogP contribution in [0.15, 0.2) is 24.3 Å². The lowest BCUT2D eigenvalue weighted by Gasteiger charge is -2.19. The maximum absolute atomic E-state index is 12.2. The zero-order valence-electron chi connectivity index (χ0n) is 7.43. The van der Waals surface area contributed by atoms with Crippen LogP contribution in [0.25, 0.3) is 0 Å². The van der Waals surface area contributed by atoms with E-state index in [1.54, 1.807) is 0 Å². The summed E-state index contributed by atoms with van der Waals surface area (Å²) in [7, 11) is 0. The molecule has 84 valence electrons. The van der Waals surface area contributed by atoms with Gasteiger partial charge >= 0.3 is 6.18 Å². The van der Waals surface area contributed by atoms with Gasteiger partial charge in [-0.1, -0.05) is 12.1 Å². The molecule has 1 rings (SSSR count). The van der Waals surface area contributed by atoms with Crippen LogP contribution in [-0.2, 0) is 0 Å². The van der Waals surface area contributed by atoms with Crippen LogP contribution < -0.4 is 5.73 Å². The second-order valence-electron chi connectivity index (χ2n) is 3.02. The summed E-state index contributed by atoms with van der Waals surface area (Å²) in [6.07, 6.45) is -8.43. The quantitative estimate of drug-likeness (QED) is 0.607. The first-order valence-electron chi connectivity index (χ1n) is 4.02. The van der Waals surface area contributed by atoms with E-state index in [-0.39, 0.29) is 5.69 Å². The van der Waals surface area contributed by atoms with E-state index in [4.69, 9.17) is 5.73 Å². The van der Waals surface area contributed by atoms with Crippen molar-refractivity contribution in [1.82, 2.24) is 0 Å². The van der Waals surface area contributed by atoms with Gasteiger partial charge in [-0.3, -0.25) is 0 Å². The monoisotopic (exact) mass is 225 g/mol. The molecule has 1 nitrogen and oxygen atoms in total. The van der Waals surface area contributed by atoms with Crippen molar-refractivity contribution in [2.45, 2.75) is 18.5 Å². The molecule has 0 radical (unpaired) electrons. The Morgan fingerprint density at radius 3 is 1.80 bits per heavy atom. The van der Waals surface area contributed by atoms with Crippen molar-refractivity contribution < 1.29 is 22.0 Å². The van der Waals surface area contributed by atoms with Crippen molar-refractivity contribution in [3.8, 4) is 0 Å². The van der Waals surface area contributed by atoms with E-state index in [0.29, 0.717) is 0 Å². The highest BCUT2D eigenvalue weighted by Crippen LogP contribution is 2.39. The fraction of sp³-hybridized carbons (Fsp3) is 0.333. The molecule has 0 aliphatic rings. The Kier molecular flexibility index (Phi) is 3.16. The average molecular weight is 225 g/mol. The van der Waals surface area contributed by atoms with Crippen molar-refractivity contribution in [3.63, 3.8) is 0 Å². The third-order valence-corrected chi connectivity index (χ3v) is 1.90. The molecule has 1 atom stereocenters. The molecule has 0 amide bonds. The van der Waals surface area contributed by atoms with Crippen LogP contribution in [0.5, 0.6) is 0 Å². The standard InChI is InChI=1S/C9H8F5N/c10-8(11)7(9(12,13)14)5-1-3-6(15)4-2-5/h1-4,7-8H,15H2. The molecule has 0 bridgehead atoms. The number of alkyl halides is 5. The van der Waals surface area contributed by atoms with Crippen LogP contribution in [0.2, 0.25) is 0 Å². The van der Waals surface area contributed by atoms with E-state index < -0.39 is 24.1 Å². The lowest BCUT2D eigenvalue weighted by atomic mass is 9.99. The minimum Gasteiger partial charge on any atom is -0.399 e. The fourth-order valence-electron chi connectivity index (χ4n) is 1.18. The van der Waals surface area contributed by atoms with Gasteiger partial charge < -0.3 is 5.73 Å². The van der Waals surface area contributed by atoms with Crippen LogP contribution >= 0.6 is 0 Å². The summed E-state index contributed by atoms with van der Waals surface area (Å²) in [5, 5.41) is 0. The van der Waals surface area contributed by atoms with Crippen molar-refractivity contribution >= 4 is 5.69 Å². The lowest BCUT2D eigenvalue weighted by molar-refractivity contribution is -0.178. The van der Waals surface area contributed by atoms with Gasteiger partial charge in [-0.2, -0.15) is 13.2 Å². The maximum Gasteiger partial charge on any atom is 0.401 e. The largest absolute Gasteiger partial charge is 0.401 e. The first kappa shape index (κ1) is 11.7. The first-order valence-corrected chi connectivity index (χ1v) is 4.02. The van der Waals surface area contributed by atoms with Crippen molar-refractivity contribution in [1.29, 1.82) is 0 Å². The van der Waals surface area contributed by atoms with Gasteiger partial charge in [0.15, 0.2) is 0 Å². The van der Waals surface area contributed by atoms with Crippen molar-refractivity contribution in [2.24, 2.45) is 0 Å². The first-order chi connectivity index (χ1) is 6.82. The topological polar surface area (TPSA) is 26.0 Å². The molecule has 1 unspecified atom stereocenters. The number of benzene rings is 1. The van der Waals surface area contributed by atoms with Gasteiger partial charge in [-0.05, 0) is 17.7 Å². The number of rotatable bonds is 2. The minimum atomic E-state index is -4.95. The summed E-state index contributed by atoms with van der Waals surface area (Å²) in [6, 6.07) is 4.24. The third-order valence-electron chi connectivity index (χ3n) is 1.90. The molecule has 2 N–H and O–H groups in total. The summed E-state index contributed by atoms with van der Waals surface area (Å²) >= 11 is 0. The Morgan fingerprint density at radius 1 is 1.00 bits per heavy atom. The highest BCUT2D eigenvalue weighted by atomic mass is 19.4. The molecule has 0 saturated heterocycles. The molecular formula is C9H8F5N. The second kappa shape index (κ2) is 4.04. The zero-order valence-corrected chi connectivity index (χ0v) is 7.43. The summed E-state index contributed by atoms with van der Waals surface area (Å²) in [5.74, 6) is -2.75. The van der Waals surface area contributed by atoms with Crippen LogP contribution in [0.3, 0.4) is 0 Å². The van der Waals surface area contributed by atoms with Crippen LogP contribution in [0.1, 0.15) is 11.5 Å². The highest BCUT2D eigenvalue weighted by molar-refractivity contribution is 5.40. The Bertz CT molecular complexity index is 316. The number of nitrogens with two attached hydrogens (primary N) is 1. The van der Waals surface area contributed by atoms with Gasteiger partial charge in [-0.15, -0.1) is 0 Å². The summed E-state index contributed by atoms with van der Waals surface area (Å²) in [4.78, 5) is 0. The number of hydrogen-bond donors (Lipinski definition) is 1. The van der Waals surface area contributed by atoms with Gasteiger partial charge in [0, 0.05) is 5.69 Å². The van der Waals surface area contributed by atoms with Crippen LogP contribution in [-0.4, -0.2) is 12.6 Å². The normalized spacial score (nSPS) is 14.3. The third kappa shape index (κ3) is 2.81. The van der Waals surface area contributed by atoms with E-state index in [0.717, 1.165) is 24.3 Å². The van der Waals surface area contributed by atoms with E-state index in [2.05, 4.69) is 0 Å². The van der Waals surface area contributed by atoms with E-state index in [1.807, 2.05) is 0 Å². The van der Waals surface area contributed by atoms with Gasteiger partial charge in [0.2, 0.25) is 0 Å². The summed E-state index contributed by atoms with van der Waals surface area (Å²) in [6.45, 7) is 0. The van der Waals surface area contributed by atoms with E-state index >= 15 is 0 Å². The van der Waals surface area contributed by atoms with Gasteiger partial charge in [-0.25, -0.2) is 8.78 Å². The molecule has 0 spiro atoms. The molecule has 6 heteroatoms. The van der Waals surface area contributed by atoms with Crippen molar-refractivity contribution in [2.75, 3.05) is 5.73 Å². The molecule has 1 aromatic carbocycles. The number of hydrogen-bond acceptors (Lipinski definition) is 1. The Hall–Kier alpha value is -1.33.